The van der Waals surface area contributed by atoms with Crippen LogP contribution in [0.1, 0.15) is 16.8 Å². The molecule has 3 N–H and O–H groups in total. The lowest BCUT2D eigenvalue weighted by Crippen LogP contribution is -2.25. The maximum Gasteiger partial charge on any atom is 0.342 e. The van der Waals surface area contributed by atoms with E-state index < -0.39 is 24.1 Å². The molecule has 1 aromatic heterocycles. The van der Waals surface area contributed by atoms with Gasteiger partial charge in [-0.05, 0) is 46.2 Å². The third-order valence-corrected chi connectivity index (χ3v) is 6.43. The van der Waals surface area contributed by atoms with Gasteiger partial charge in [0.15, 0.2) is 5.66 Å². The molecule has 3 aromatic rings. The number of hydrogen-bond donors (Lipinski definition) is 3. The van der Waals surface area contributed by atoms with Crippen LogP contribution >= 0.6 is 30.5 Å². The summed E-state index contributed by atoms with van der Waals surface area (Å²) in [6, 6.07) is 10.6. The minimum Gasteiger partial charge on any atom is -0.332 e. The summed E-state index contributed by atoms with van der Waals surface area (Å²) in [4.78, 5) is 42.4. The molecule has 0 fully saturated rings. The van der Waals surface area contributed by atoms with Gasteiger partial charge in [-0.25, -0.2) is 0 Å². The van der Waals surface area contributed by atoms with Gasteiger partial charge in [-0.3, -0.25) is 19.5 Å². The number of non-ortho nitro benzene ring substituents is 1. The number of carbonyl (C=O) groups is 1. The second-order valence-corrected chi connectivity index (χ2v) is 9.06. The first-order chi connectivity index (χ1) is 13.7. The van der Waals surface area contributed by atoms with E-state index in [1.165, 1.54) is 47.2 Å². The van der Waals surface area contributed by atoms with E-state index in [-0.39, 0.29) is 11.3 Å². The molecule has 3 rings (SSSR count). The number of benzene rings is 2. The van der Waals surface area contributed by atoms with Gasteiger partial charge in [0.05, 0.1) is 4.92 Å². The fourth-order valence-corrected chi connectivity index (χ4v) is 4.95. The lowest BCUT2D eigenvalue weighted by Gasteiger charge is -2.16. The Hall–Kier alpha value is -2.55. The van der Waals surface area contributed by atoms with E-state index in [0.29, 0.717) is 16.0 Å². The van der Waals surface area contributed by atoms with E-state index in [9.17, 15) is 29.3 Å². The van der Waals surface area contributed by atoms with Crippen LogP contribution in [0.15, 0.2) is 54.0 Å². The Kier molecular flexibility index (Phi) is 6.16. The molecule has 1 atom stereocenters. The van der Waals surface area contributed by atoms with Crippen molar-refractivity contribution in [3.8, 4) is 0 Å². The molecule has 150 valence electrons. The monoisotopic (exact) mass is 452 g/mol. The number of hydrogen-bond acceptors (Lipinski definition) is 5. The van der Waals surface area contributed by atoms with Crippen molar-refractivity contribution in [3.05, 3.63) is 80.3 Å². The maximum atomic E-state index is 12.6. The molecule has 1 amide bonds. The van der Waals surface area contributed by atoms with Crippen LogP contribution in [0.25, 0.3) is 16.2 Å². The van der Waals surface area contributed by atoms with E-state index in [0.717, 1.165) is 4.70 Å². The van der Waals surface area contributed by atoms with Crippen LogP contribution in [0, 0.1) is 10.1 Å². The first-order valence-corrected chi connectivity index (χ1v) is 11.0. The Labute approximate surface area is 173 Å². The van der Waals surface area contributed by atoms with Crippen LogP contribution in [0.3, 0.4) is 0 Å². The number of nitro benzene ring substituents is 1. The summed E-state index contributed by atoms with van der Waals surface area (Å²) in [6.07, 6.45) is 2.58. The average molecular weight is 453 g/mol. The summed E-state index contributed by atoms with van der Waals surface area (Å²) < 4.78 is 12.8. The van der Waals surface area contributed by atoms with Crippen molar-refractivity contribution in [2.45, 2.75) is 5.66 Å². The number of fused-ring (bicyclic) bond motifs is 1. The summed E-state index contributed by atoms with van der Waals surface area (Å²) in [5, 5.41) is 15.6. The van der Waals surface area contributed by atoms with Crippen LogP contribution in [0.5, 0.6) is 0 Å². The number of nitrogens with zero attached hydrogens (tertiary/aromatic N) is 1. The van der Waals surface area contributed by atoms with Gasteiger partial charge in [-0.2, -0.15) is 0 Å². The maximum absolute atomic E-state index is 12.6. The normalized spacial score (nSPS) is 12.9. The molecule has 8 nitrogen and oxygen atoms in total. The molecule has 0 saturated heterocycles. The number of halogens is 1. The van der Waals surface area contributed by atoms with Gasteiger partial charge in [-0.1, -0.05) is 23.7 Å². The number of nitro groups is 1. The van der Waals surface area contributed by atoms with Crippen molar-refractivity contribution in [2.24, 2.45) is 0 Å². The van der Waals surface area contributed by atoms with Gasteiger partial charge in [0.2, 0.25) is 5.91 Å². The lowest BCUT2D eigenvalue weighted by atomic mass is 10.1. The second-order valence-electron chi connectivity index (χ2n) is 6.02. The zero-order valence-electron chi connectivity index (χ0n) is 14.6. The standard InChI is InChI=1S/C18H14ClN2O6PS/c19-12-4-5-16-14(9-12)15(10-29-16)17(28(25,26)27)18(22)20-7-6-11-2-1-3-13(8-11)21(23)24/h1-10,17H,(H,20,22)(H2,25,26,27). The quantitative estimate of drug-likeness (QED) is 0.287. The number of amides is 1. The Balaban J connectivity index is 1.87. The van der Waals surface area contributed by atoms with Crippen LogP contribution in [0.4, 0.5) is 5.69 Å². The third-order valence-electron chi connectivity index (χ3n) is 4.03. The van der Waals surface area contributed by atoms with Crippen molar-refractivity contribution < 1.29 is 24.1 Å². The first-order valence-electron chi connectivity index (χ1n) is 8.10. The molecule has 29 heavy (non-hydrogen) atoms. The Morgan fingerprint density at radius 2 is 2.03 bits per heavy atom. The fourth-order valence-electron chi connectivity index (χ4n) is 2.75. The minimum atomic E-state index is -4.84. The number of thiophene rings is 1. The molecule has 0 radical (unpaired) electrons. The number of carbonyl (C=O) groups excluding carboxylic acids is 1. The molecule has 0 saturated carbocycles. The molecule has 0 bridgehead atoms. The van der Waals surface area contributed by atoms with Crippen molar-refractivity contribution in [1.29, 1.82) is 0 Å². The molecule has 0 spiro atoms. The zero-order valence-corrected chi connectivity index (χ0v) is 17.0. The molecular weight excluding hydrogens is 439 g/mol. The smallest absolute Gasteiger partial charge is 0.332 e. The number of rotatable bonds is 6. The van der Waals surface area contributed by atoms with Gasteiger partial charge in [-0.15, -0.1) is 11.3 Å². The topological polar surface area (TPSA) is 130 Å². The van der Waals surface area contributed by atoms with Gasteiger partial charge in [0, 0.05) is 28.1 Å². The van der Waals surface area contributed by atoms with Gasteiger partial charge in [0.25, 0.3) is 5.69 Å². The third kappa shape index (κ3) is 4.90. The fraction of sp³-hybridized carbons (Fsp3) is 0.0556. The molecular formula is C18H14ClN2O6PS. The molecule has 2 aromatic carbocycles. The zero-order chi connectivity index (χ0) is 21.2. The molecule has 0 aliphatic rings. The van der Waals surface area contributed by atoms with Crippen LogP contribution < -0.4 is 5.32 Å². The summed E-state index contributed by atoms with van der Waals surface area (Å²) in [5.74, 6) is -0.903. The Bertz CT molecular complexity index is 1170. The van der Waals surface area contributed by atoms with Gasteiger partial charge >= 0.3 is 7.60 Å². The molecule has 1 heterocycles. The molecule has 0 aliphatic carbocycles. The SMILES string of the molecule is O=C(NC=Cc1cccc([N+](=O)[O-])c1)C(c1csc2ccc(Cl)cc12)P(=O)(O)O. The van der Waals surface area contributed by atoms with E-state index in [1.807, 2.05) is 0 Å². The second kappa shape index (κ2) is 8.44. The largest absolute Gasteiger partial charge is 0.342 e. The molecule has 11 heteroatoms. The summed E-state index contributed by atoms with van der Waals surface area (Å²) >= 11 is 7.23. The van der Waals surface area contributed by atoms with Crippen molar-refractivity contribution in [3.63, 3.8) is 0 Å². The summed E-state index contributed by atoms with van der Waals surface area (Å²) in [6.45, 7) is 0. The molecule has 0 aliphatic heterocycles. The minimum absolute atomic E-state index is 0.117. The van der Waals surface area contributed by atoms with E-state index in [2.05, 4.69) is 5.32 Å². The van der Waals surface area contributed by atoms with Gasteiger partial charge < -0.3 is 15.1 Å². The predicted molar refractivity (Wildman–Crippen MR) is 112 cm³/mol. The summed E-state index contributed by atoms with van der Waals surface area (Å²) in [7, 11) is -4.84. The van der Waals surface area contributed by atoms with Crippen molar-refractivity contribution in [1.82, 2.24) is 5.32 Å². The van der Waals surface area contributed by atoms with Crippen LogP contribution in [-0.4, -0.2) is 20.6 Å². The Morgan fingerprint density at radius 1 is 1.28 bits per heavy atom. The highest BCUT2D eigenvalue weighted by Gasteiger charge is 2.38. The highest BCUT2D eigenvalue weighted by Crippen LogP contribution is 2.54. The van der Waals surface area contributed by atoms with Gasteiger partial charge in [0.1, 0.15) is 0 Å². The predicted octanol–water partition coefficient (Wildman–Crippen LogP) is 4.47. The lowest BCUT2D eigenvalue weighted by molar-refractivity contribution is -0.384. The Morgan fingerprint density at radius 3 is 2.72 bits per heavy atom. The highest BCUT2D eigenvalue weighted by atomic mass is 35.5. The van der Waals surface area contributed by atoms with Crippen molar-refractivity contribution >= 4 is 58.3 Å². The van der Waals surface area contributed by atoms with E-state index >= 15 is 0 Å². The summed E-state index contributed by atoms with van der Waals surface area (Å²) in [5.41, 5.74) is -1.21. The van der Waals surface area contributed by atoms with E-state index in [1.54, 1.807) is 24.3 Å². The first kappa shape index (κ1) is 21.2. The highest BCUT2D eigenvalue weighted by molar-refractivity contribution is 7.53. The average Bonchev–Trinajstić information content (AvgIpc) is 3.03. The molecule has 1 unspecified atom stereocenters. The number of nitrogens with one attached hydrogen (secondary N) is 1. The van der Waals surface area contributed by atoms with E-state index in [4.69, 9.17) is 11.6 Å². The van der Waals surface area contributed by atoms with Crippen LogP contribution in [-0.2, 0) is 9.36 Å². The van der Waals surface area contributed by atoms with Crippen LogP contribution in [0.2, 0.25) is 5.02 Å². The van der Waals surface area contributed by atoms with Crippen molar-refractivity contribution in [2.75, 3.05) is 0 Å².